The highest BCUT2D eigenvalue weighted by atomic mass is 127. The number of carbonyl (C=O) groups excluding carboxylic acids is 1. The van der Waals surface area contributed by atoms with Gasteiger partial charge in [-0.2, -0.15) is 0 Å². The molecule has 1 aliphatic rings. The van der Waals surface area contributed by atoms with E-state index in [1.54, 1.807) is 22.8 Å². The number of carbonyl (C=O) groups is 1. The van der Waals surface area contributed by atoms with Gasteiger partial charge in [0.2, 0.25) is 0 Å². The van der Waals surface area contributed by atoms with Crippen LogP contribution in [0.15, 0.2) is 42.5 Å². The van der Waals surface area contributed by atoms with Gasteiger partial charge >= 0.3 is 0 Å². The zero-order valence-corrected chi connectivity index (χ0v) is 20.4. The average Bonchev–Trinajstić information content (AvgIpc) is 3.14. The zero-order valence-electron chi connectivity index (χ0n) is 16.7. The van der Waals surface area contributed by atoms with E-state index in [-0.39, 0.29) is 24.2 Å². The minimum atomic E-state index is -0.336. The van der Waals surface area contributed by atoms with Gasteiger partial charge in [-0.3, -0.25) is 9.36 Å². The monoisotopic (exact) mass is 569 g/mol. The number of halogens is 3. The lowest BCUT2D eigenvalue weighted by Gasteiger charge is -2.22. The second-order valence-electron chi connectivity index (χ2n) is 7.63. The quantitative estimate of drug-likeness (QED) is 0.370. The molecular formula is C23H22Cl2IN3O2. The summed E-state index contributed by atoms with van der Waals surface area (Å²) in [6.45, 7) is -0.336. The molecule has 0 atom stereocenters. The Morgan fingerprint density at radius 1 is 1.13 bits per heavy atom. The summed E-state index contributed by atoms with van der Waals surface area (Å²) in [5.74, 6) is 0.215. The molecule has 2 N–H and O–H groups in total. The highest BCUT2D eigenvalue weighted by molar-refractivity contribution is 14.1. The van der Waals surface area contributed by atoms with Crippen LogP contribution in [0.4, 0.5) is 0 Å². The minimum Gasteiger partial charge on any atom is -0.390 e. The van der Waals surface area contributed by atoms with Gasteiger partial charge in [0, 0.05) is 25.9 Å². The van der Waals surface area contributed by atoms with Gasteiger partial charge in [-0.15, -0.1) is 0 Å². The molecule has 2 aromatic carbocycles. The first-order chi connectivity index (χ1) is 15.0. The van der Waals surface area contributed by atoms with Gasteiger partial charge < -0.3 is 10.4 Å². The third kappa shape index (κ3) is 4.92. The Hall–Kier alpha value is -1.61. The Labute approximate surface area is 204 Å². The van der Waals surface area contributed by atoms with Gasteiger partial charge in [-0.25, -0.2) is 4.98 Å². The number of imidazole rings is 1. The number of aliphatic hydroxyl groups is 1. The van der Waals surface area contributed by atoms with E-state index < -0.39 is 0 Å². The largest absolute Gasteiger partial charge is 0.390 e. The van der Waals surface area contributed by atoms with Crippen LogP contribution < -0.4 is 5.32 Å². The molecule has 3 aromatic rings. The van der Waals surface area contributed by atoms with Gasteiger partial charge in [0.05, 0.1) is 17.3 Å². The molecule has 1 saturated carbocycles. The van der Waals surface area contributed by atoms with Crippen molar-refractivity contribution in [1.82, 2.24) is 14.9 Å². The number of amides is 1. The molecule has 31 heavy (non-hydrogen) atoms. The molecule has 1 amide bonds. The Bertz CT molecular complexity index is 1090. The third-order valence-corrected chi connectivity index (χ3v) is 6.80. The Kier molecular flexibility index (Phi) is 7.21. The molecule has 4 rings (SSSR count). The lowest BCUT2D eigenvalue weighted by molar-refractivity contribution is 0.0919. The number of aromatic nitrogens is 2. The van der Waals surface area contributed by atoms with Gasteiger partial charge in [0.15, 0.2) is 5.69 Å². The topological polar surface area (TPSA) is 67.2 Å². The van der Waals surface area contributed by atoms with Crippen molar-refractivity contribution in [1.29, 1.82) is 0 Å². The summed E-state index contributed by atoms with van der Waals surface area (Å²) in [6.07, 6.45) is 5.36. The van der Waals surface area contributed by atoms with E-state index in [0.717, 1.165) is 34.9 Å². The van der Waals surface area contributed by atoms with Crippen LogP contribution in [0.3, 0.4) is 0 Å². The predicted octanol–water partition coefficient (Wildman–Crippen LogP) is 6.01. The fourth-order valence-electron chi connectivity index (χ4n) is 4.00. The molecule has 162 valence electrons. The second-order valence-corrected chi connectivity index (χ2v) is 9.72. The summed E-state index contributed by atoms with van der Waals surface area (Å²) in [5, 5.41) is 14.3. The van der Waals surface area contributed by atoms with E-state index in [0.29, 0.717) is 27.1 Å². The van der Waals surface area contributed by atoms with E-state index in [1.807, 2.05) is 24.3 Å². The highest BCUT2D eigenvalue weighted by Gasteiger charge is 2.26. The Balaban J connectivity index is 1.84. The highest BCUT2D eigenvalue weighted by Crippen LogP contribution is 2.34. The van der Waals surface area contributed by atoms with E-state index in [4.69, 9.17) is 23.2 Å². The Morgan fingerprint density at radius 3 is 2.48 bits per heavy atom. The molecule has 1 fully saturated rings. The number of rotatable bonds is 5. The number of nitrogens with one attached hydrogen (secondary N) is 1. The minimum absolute atomic E-state index is 0.138. The van der Waals surface area contributed by atoms with Crippen LogP contribution in [0.2, 0.25) is 10.0 Å². The van der Waals surface area contributed by atoms with Crippen molar-refractivity contribution in [2.24, 2.45) is 0 Å². The maximum absolute atomic E-state index is 13.2. The number of nitrogens with zero attached hydrogens (tertiary/aromatic N) is 2. The molecule has 1 aliphatic carbocycles. The van der Waals surface area contributed by atoms with Crippen LogP contribution in [0, 0.1) is 3.57 Å². The first-order valence-corrected chi connectivity index (χ1v) is 12.1. The maximum Gasteiger partial charge on any atom is 0.272 e. The molecule has 0 bridgehead atoms. The molecule has 0 aliphatic heterocycles. The molecule has 5 nitrogen and oxygen atoms in total. The number of hydrogen-bond acceptors (Lipinski definition) is 3. The first-order valence-electron chi connectivity index (χ1n) is 10.2. The van der Waals surface area contributed by atoms with Crippen LogP contribution in [0.25, 0.3) is 17.1 Å². The molecule has 0 unspecified atom stereocenters. The molecule has 0 spiro atoms. The number of benzene rings is 2. The third-order valence-electron chi connectivity index (χ3n) is 5.53. The summed E-state index contributed by atoms with van der Waals surface area (Å²) in [7, 11) is 0. The predicted molar refractivity (Wildman–Crippen MR) is 132 cm³/mol. The van der Waals surface area contributed by atoms with E-state index in [9.17, 15) is 9.90 Å². The fraction of sp³-hybridized carbons (Fsp3) is 0.304. The maximum atomic E-state index is 13.2. The van der Waals surface area contributed by atoms with Gasteiger partial charge in [-0.05, 0) is 77.9 Å². The van der Waals surface area contributed by atoms with Gasteiger partial charge in [0.1, 0.15) is 5.82 Å². The van der Waals surface area contributed by atoms with Crippen molar-refractivity contribution in [2.45, 2.75) is 44.8 Å². The summed E-state index contributed by atoms with van der Waals surface area (Å²) >= 11 is 14.8. The van der Waals surface area contributed by atoms with Crippen LogP contribution in [-0.4, -0.2) is 26.6 Å². The standard InChI is InChI=1S/C23H22Cl2IN3O2/c24-14-6-11-18(19(25)12-14)22-28-21(23(31)27-16-4-2-1-3-5-16)20(13-30)29(22)17-9-7-15(26)8-10-17/h6-12,16,30H,1-5,13H2,(H,27,31). The van der Waals surface area contributed by atoms with Crippen molar-refractivity contribution in [3.8, 4) is 17.1 Å². The molecule has 1 heterocycles. The van der Waals surface area contributed by atoms with Crippen molar-refractivity contribution in [2.75, 3.05) is 0 Å². The normalized spacial score (nSPS) is 14.6. The molecule has 0 radical (unpaired) electrons. The molecule has 8 heteroatoms. The molecule has 0 saturated heterocycles. The summed E-state index contributed by atoms with van der Waals surface area (Å²) < 4.78 is 2.87. The van der Waals surface area contributed by atoms with Crippen LogP contribution >= 0.6 is 45.8 Å². The Morgan fingerprint density at radius 2 is 1.84 bits per heavy atom. The van der Waals surface area contributed by atoms with Crippen LogP contribution in [0.5, 0.6) is 0 Å². The average molecular weight is 570 g/mol. The van der Waals surface area contributed by atoms with Crippen LogP contribution in [-0.2, 0) is 6.61 Å². The second kappa shape index (κ2) is 9.90. The molecular weight excluding hydrogens is 548 g/mol. The van der Waals surface area contributed by atoms with Crippen molar-refractivity contribution < 1.29 is 9.90 Å². The lowest BCUT2D eigenvalue weighted by Crippen LogP contribution is -2.36. The van der Waals surface area contributed by atoms with E-state index in [2.05, 4.69) is 32.9 Å². The van der Waals surface area contributed by atoms with Crippen LogP contribution in [0.1, 0.15) is 48.3 Å². The van der Waals surface area contributed by atoms with Crippen molar-refractivity contribution in [3.63, 3.8) is 0 Å². The first kappa shape index (κ1) is 22.6. The fourth-order valence-corrected chi connectivity index (χ4v) is 4.85. The lowest BCUT2D eigenvalue weighted by atomic mass is 9.95. The zero-order chi connectivity index (χ0) is 22.0. The SMILES string of the molecule is O=C(NC1CCCCC1)c1nc(-c2ccc(Cl)cc2Cl)n(-c2ccc(I)cc2)c1CO. The molecule has 1 aromatic heterocycles. The van der Waals surface area contributed by atoms with Gasteiger partial charge in [-0.1, -0.05) is 42.5 Å². The summed E-state index contributed by atoms with van der Waals surface area (Å²) in [5.41, 5.74) is 2.06. The number of aliphatic hydroxyl groups excluding tert-OH is 1. The van der Waals surface area contributed by atoms with Gasteiger partial charge in [0.25, 0.3) is 5.91 Å². The van der Waals surface area contributed by atoms with Crippen molar-refractivity contribution >= 4 is 51.7 Å². The summed E-state index contributed by atoms with van der Waals surface area (Å²) in [4.78, 5) is 17.8. The number of hydrogen-bond donors (Lipinski definition) is 2. The van der Waals surface area contributed by atoms with E-state index in [1.165, 1.54) is 6.42 Å². The van der Waals surface area contributed by atoms with E-state index >= 15 is 0 Å². The van der Waals surface area contributed by atoms with Crippen molar-refractivity contribution in [3.05, 3.63) is 67.5 Å². The summed E-state index contributed by atoms with van der Waals surface area (Å²) in [6, 6.07) is 13.1. The smallest absolute Gasteiger partial charge is 0.272 e.